The monoisotopic (exact) mass is 274 g/mol. The van der Waals surface area contributed by atoms with E-state index in [1.54, 1.807) is 6.07 Å². The number of carbonyl (C=O) groups is 1. The molecule has 0 aromatic heterocycles. The molecule has 1 amide bonds. The number of alkyl halides is 3. The molecule has 19 heavy (non-hydrogen) atoms. The molecule has 4 nitrogen and oxygen atoms in total. The normalized spacial score (nSPS) is 23.3. The van der Waals surface area contributed by atoms with Crippen LogP contribution in [-0.4, -0.2) is 30.3 Å². The minimum absolute atomic E-state index is 0.293. The maximum absolute atomic E-state index is 12.6. The molecule has 0 spiro atoms. The highest BCUT2D eigenvalue weighted by atomic mass is 19.4. The van der Waals surface area contributed by atoms with E-state index in [4.69, 9.17) is 5.11 Å². The van der Waals surface area contributed by atoms with Crippen LogP contribution in [0.2, 0.25) is 0 Å². The van der Waals surface area contributed by atoms with Crippen molar-refractivity contribution in [1.82, 2.24) is 10.6 Å². The molecule has 0 aliphatic carbocycles. The molecule has 2 atom stereocenters. The van der Waals surface area contributed by atoms with Crippen LogP contribution in [0, 0.1) is 0 Å². The molecular formula is C12H13F3N2O2. The van der Waals surface area contributed by atoms with Gasteiger partial charge in [0.1, 0.15) is 0 Å². The second-order valence-corrected chi connectivity index (χ2v) is 4.44. The summed E-state index contributed by atoms with van der Waals surface area (Å²) >= 11 is 0. The van der Waals surface area contributed by atoms with Crippen LogP contribution in [0.15, 0.2) is 24.3 Å². The van der Waals surface area contributed by atoms with Crippen molar-refractivity contribution in [3.05, 3.63) is 35.4 Å². The van der Waals surface area contributed by atoms with E-state index in [0.717, 1.165) is 12.1 Å². The summed E-state index contributed by atoms with van der Waals surface area (Å²) in [5, 5.41) is 14.0. The smallest absolute Gasteiger partial charge is 0.416 e. The van der Waals surface area contributed by atoms with E-state index >= 15 is 0 Å². The van der Waals surface area contributed by atoms with Gasteiger partial charge < -0.3 is 15.7 Å². The molecule has 1 aromatic rings. The van der Waals surface area contributed by atoms with Gasteiger partial charge in [-0.1, -0.05) is 18.2 Å². The molecule has 0 bridgehead atoms. The molecule has 1 heterocycles. The maximum Gasteiger partial charge on any atom is 0.416 e. The van der Waals surface area contributed by atoms with Crippen molar-refractivity contribution >= 4 is 6.09 Å². The van der Waals surface area contributed by atoms with Crippen molar-refractivity contribution in [2.75, 3.05) is 13.1 Å². The number of rotatable bonds is 2. The summed E-state index contributed by atoms with van der Waals surface area (Å²) in [5.74, 6) is -0.293. The van der Waals surface area contributed by atoms with Crippen LogP contribution in [0.1, 0.15) is 17.0 Å². The van der Waals surface area contributed by atoms with Crippen LogP contribution < -0.4 is 10.6 Å². The van der Waals surface area contributed by atoms with Gasteiger partial charge in [0.25, 0.3) is 0 Å². The summed E-state index contributed by atoms with van der Waals surface area (Å²) < 4.78 is 37.9. The number of hydrogen-bond acceptors (Lipinski definition) is 2. The third kappa shape index (κ3) is 3.17. The molecule has 1 aliphatic rings. The molecule has 1 aliphatic heterocycles. The van der Waals surface area contributed by atoms with E-state index in [0.29, 0.717) is 18.7 Å². The molecule has 0 radical (unpaired) electrons. The highest BCUT2D eigenvalue weighted by Gasteiger charge is 2.34. The predicted molar refractivity (Wildman–Crippen MR) is 62.0 cm³/mol. The summed E-state index contributed by atoms with van der Waals surface area (Å²) in [7, 11) is 0. The quantitative estimate of drug-likeness (QED) is 0.773. The third-order valence-electron chi connectivity index (χ3n) is 3.17. The zero-order valence-corrected chi connectivity index (χ0v) is 9.87. The Kier molecular flexibility index (Phi) is 3.66. The van der Waals surface area contributed by atoms with E-state index in [2.05, 4.69) is 10.6 Å². The van der Waals surface area contributed by atoms with Crippen molar-refractivity contribution < 1.29 is 23.1 Å². The largest absolute Gasteiger partial charge is 0.465 e. The molecule has 2 rings (SSSR count). The van der Waals surface area contributed by atoms with Gasteiger partial charge in [0.2, 0.25) is 0 Å². The van der Waals surface area contributed by atoms with E-state index in [-0.39, 0.29) is 5.92 Å². The van der Waals surface area contributed by atoms with Gasteiger partial charge in [-0.05, 0) is 11.6 Å². The lowest BCUT2D eigenvalue weighted by Crippen LogP contribution is -2.38. The van der Waals surface area contributed by atoms with Crippen molar-refractivity contribution in [2.24, 2.45) is 0 Å². The van der Waals surface area contributed by atoms with E-state index in [9.17, 15) is 18.0 Å². The fourth-order valence-corrected chi connectivity index (χ4v) is 2.28. The molecular weight excluding hydrogens is 261 g/mol. The van der Waals surface area contributed by atoms with Crippen LogP contribution in [0.25, 0.3) is 0 Å². The number of nitrogens with one attached hydrogen (secondary N) is 2. The van der Waals surface area contributed by atoms with Crippen LogP contribution in [0.4, 0.5) is 18.0 Å². The van der Waals surface area contributed by atoms with Gasteiger partial charge in [0, 0.05) is 19.0 Å². The summed E-state index contributed by atoms with van der Waals surface area (Å²) in [6.07, 6.45) is -5.57. The lowest BCUT2D eigenvalue weighted by atomic mass is 9.93. The fourth-order valence-electron chi connectivity index (χ4n) is 2.28. The number of carboxylic acid groups (broad SMARTS) is 1. The van der Waals surface area contributed by atoms with Crippen LogP contribution >= 0.6 is 0 Å². The molecule has 0 unspecified atom stereocenters. The first kappa shape index (κ1) is 13.7. The third-order valence-corrected chi connectivity index (χ3v) is 3.17. The summed E-state index contributed by atoms with van der Waals surface area (Å²) in [6, 6.07) is 4.60. The Bertz CT molecular complexity index is 476. The van der Waals surface area contributed by atoms with E-state index in [1.807, 2.05) is 0 Å². The van der Waals surface area contributed by atoms with Gasteiger partial charge in [-0.15, -0.1) is 0 Å². The lowest BCUT2D eigenvalue weighted by molar-refractivity contribution is -0.137. The Balaban J connectivity index is 2.23. The first-order chi connectivity index (χ1) is 8.88. The molecule has 104 valence electrons. The van der Waals surface area contributed by atoms with E-state index in [1.165, 1.54) is 6.07 Å². The Morgan fingerprint density at radius 3 is 2.74 bits per heavy atom. The van der Waals surface area contributed by atoms with Gasteiger partial charge in [-0.2, -0.15) is 13.2 Å². The first-order valence-corrected chi connectivity index (χ1v) is 5.75. The SMILES string of the molecule is O=C(O)N[C@@H]1CNC[C@H]1c1cccc(C(F)(F)F)c1. The summed E-state index contributed by atoms with van der Waals surface area (Å²) in [5.41, 5.74) is -0.232. The highest BCUT2D eigenvalue weighted by Crippen LogP contribution is 2.32. The fraction of sp³-hybridized carbons (Fsp3) is 0.417. The highest BCUT2D eigenvalue weighted by molar-refractivity contribution is 5.65. The van der Waals surface area contributed by atoms with Crippen molar-refractivity contribution in [3.8, 4) is 0 Å². The average molecular weight is 274 g/mol. The molecule has 1 aromatic carbocycles. The van der Waals surface area contributed by atoms with Gasteiger partial charge in [-0.25, -0.2) is 4.79 Å². The number of halogens is 3. The van der Waals surface area contributed by atoms with Gasteiger partial charge in [0.05, 0.1) is 11.6 Å². The lowest BCUT2D eigenvalue weighted by Gasteiger charge is -2.19. The van der Waals surface area contributed by atoms with Crippen LogP contribution in [0.5, 0.6) is 0 Å². The average Bonchev–Trinajstić information content (AvgIpc) is 2.75. The van der Waals surface area contributed by atoms with E-state index < -0.39 is 23.9 Å². The molecule has 3 N–H and O–H groups in total. The molecule has 1 saturated heterocycles. The van der Waals surface area contributed by atoms with Crippen LogP contribution in [0.3, 0.4) is 0 Å². The molecule has 0 saturated carbocycles. The minimum Gasteiger partial charge on any atom is -0.465 e. The first-order valence-electron chi connectivity index (χ1n) is 5.75. The van der Waals surface area contributed by atoms with Crippen molar-refractivity contribution in [1.29, 1.82) is 0 Å². The van der Waals surface area contributed by atoms with Gasteiger partial charge in [-0.3, -0.25) is 0 Å². The standard InChI is InChI=1S/C12H13F3N2O2/c13-12(14,15)8-3-1-2-7(4-8)9-5-16-6-10(9)17-11(18)19/h1-4,9-10,16-17H,5-6H2,(H,18,19)/t9-,10+/m0/s1. The predicted octanol–water partition coefficient (Wildman–Crippen LogP) is 2.03. The Hall–Kier alpha value is -1.76. The molecule has 7 heteroatoms. The number of hydrogen-bond donors (Lipinski definition) is 3. The van der Waals surface area contributed by atoms with Crippen molar-refractivity contribution in [3.63, 3.8) is 0 Å². The maximum atomic E-state index is 12.6. The van der Waals surface area contributed by atoms with Crippen molar-refractivity contribution in [2.45, 2.75) is 18.1 Å². The van der Waals surface area contributed by atoms with Gasteiger partial charge >= 0.3 is 12.3 Å². The zero-order chi connectivity index (χ0) is 14.0. The second-order valence-electron chi connectivity index (χ2n) is 4.44. The second kappa shape index (κ2) is 5.08. The van der Waals surface area contributed by atoms with Crippen LogP contribution in [-0.2, 0) is 6.18 Å². The Morgan fingerprint density at radius 2 is 2.11 bits per heavy atom. The Morgan fingerprint density at radius 1 is 1.37 bits per heavy atom. The van der Waals surface area contributed by atoms with Gasteiger partial charge in [0.15, 0.2) is 0 Å². The number of benzene rings is 1. The summed E-state index contributed by atoms with van der Waals surface area (Å²) in [6.45, 7) is 0.861. The topological polar surface area (TPSA) is 61.4 Å². The zero-order valence-electron chi connectivity index (χ0n) is 9.87. The number of amides is 1. The summed E-state index contributed by atoms with van der Waals surface area (Å²) in [4.78, 5) is 10.6. The molecule has 1 fully saturated rings. The minimum atomic E-state index is -4.39. The Labute approximate surface area is 107 Å².